The van der Waals surface area contributed by atoms with Gasteiger partial charge in [0.2, 0.25) is 5.91 Å². The molecule has 0 unspecified atom stereocenters. The highest BCUT2D eigenvalue weighted by molar-refractivity contribution is 6.33. The number of nitrogens with one attached hydrogen (secondary N) is 1. The highest BCUT2D eigenvalue weighted by atomic mass is 35.5. The van der Waals surface area contributed by atoms with Gasteiger partial charge in [-0.15, -0.1) is 0 Å². The second kappa shape index (κ2) is 6.83. The molecule has 0 aliphatic carbocycles. The van der Waals surface area contributed by atoms with Gasteiger partial charge in [0.15, 0.2) is 0 Å². The summed E-state index contributed by atoms with van der Waals surface area (Å²) >= 11 is 6.06. The Balaban J connectivity index is 1.74. The number of hydrogen-bond acceptors (Lipinski definition) is 4. The van der Waals surface area contributed by atoms with Gasteiger partial charge in [0, 0.05) is 32.6 Å². The van der Waals surface area contributed by atoms with Crippen LogP contribution in [-0.2, 0) is 11.3 Å². The Bertz CT molecular complexity index is 747. The lowest BCUT2D eigenvalue weighted by Gasteiger charge is -2.23. The Morgan fingerprint density at radius 1 is 1.13 bits per heavy atom. The number of nitrogens with zero attached hydrogens (tertiary/aromatic N) is 3. The van der Waals surface area contributed by atoms with Crippen LogP contribution in [-0.4, -0.2) is 40.6 Å². The minimum atomic E-state index is -0.416. The minimum absolute atomic E-state index is 0.102. The summed E-state index contributed by atoms with van der Waals surface area (Å²) in [6.45, 7) is 2.31. The first-order valence-electron chi connectivity index (χ1n) is 7.45. The van der Waals surface area contributed by atoms with Crippen molar-refractivity contribution in [3.05, 3.63) is 57.5 Å². The number of halogens is 1. The van der Waals surface area contributed by atoms with Crippen molar-refractivity contribution in [1.29, 1.82) is 0 Å². The van der Waals surface area contributed by atoms with Crippen LogP contribution < -0.4 is 10.5 Å². The number of amides is 1. The maximum Gasteiger partial charge on any atom is 0.285 e. The minimum Gasteiger partial charge on any atom is -0.367 e. The van der Waals surface area contributed by atoms with Crippen molar-refractivity contribution in [2.45, 2.75) is 13.0 Å². The van der Waals surface area contributed by atoms with E-state index in [-0.39, 0.29) is 10.9 Å². The fraction of sp³-hybridized carbons (Fsp3) is 0.312. The molecule has 1 aliphatic rings. The highest BCUT2D eigenvalue weighted by Crippen LogP contribution is 2.22. The van der Waals surface area contributed by atoms with Gasteiger partial charge in [0.25, 0.3) is 5.56 Å². The topological polar surface area (TPSA) is 69.3 Å². The van der Waals surface area contributed by atoms with Gasteiger partial charge in [0.05, 0.1) is 11.9 Å². The maximum atomic E-state index is 12.3. The molecule has 7 heteroatoms. The lowest BCUT2D eigenvalue weighted by atomic mass is 10.2. The molecule has 120 valence electrons. The lowest BCUT2D eigenvalue weighted by Crippen LogP contribution is -2.33. The second-order valence-electron chi connectivity index (χ2n) is 5.44. The summed E-state index contributed by atoms with van der Waals surface area (Å²) < 4.78 is 0. The van der Waals surface area contributed by atoms with Crippen molar-refractivity contribution in [3.63, 3.8) is 0 Å². The van der Waals surface area contributed by atoms with Crippen molar-refractivity contribution in [3.8, 4) is 0 Å². The van der Waals surface area contributed by atoms with Crippen LogP contribution in [0.3, 0.4) is 0 Å². The largest absolute Gasteiger partial charge is 0.367 e. The van der Waals surface area contributed by atoms with Crippen molar-refractivity contribution < 1.29 is 4.79 Å². The van der Waals surface area contributed by atoms with E-state index in [9.17, 15) is 9.59 Å². The van der Waals surface area contributed by atoms with Crippen molar-refractivity contribution in [2.24, 2.45) is 0 Å². The smallest absolute Gasteiger partial charge is 0.285 e. The van der Waals surface area contributed by atoms with Gasteiger partial charge in [0.1, 0.15) is 5.02 Å². The van der Waals surface area contributed by atoms with Crippen LogP contribution in [0.5, 0.6) is 0 Å². The third-order valence-corrected chi connectivity index (χ3v) is 4.29. The molecule has 1 aliphatic heterocycles. The predicted molar refractivity (Wildman–Crippen MR) is 88.6 cm³/mol. The van der Waals surface area contributed by atoms with Crippen LogP contribution >= 0.6 is 11.6 Å². The fourth-order valence-electron chi connectivity index (χ4n) is 2.67. The molecule has 2 heterocycles. The number of aromatic amines is 1. The zero-order valence-corrected chi connectivity index (χ0v) is 13.3. The molecule has 1 aromatic carbocycles. The van der Waals surface area contributed by atoms with Gasteiger partial charge >= 0.3 is 0 Å². The Morgan fingerprint density at radius 2 is 1.91 bits per heavy atom. The number of H-pyrrole nitrogens is 1. The average molecular weight is 333 g/mol. The summed E-state index contributed by atoms with van der Waals surface area (Å²) in [4.78, 5) is 27.7. The normalized spacial score (nSPS) is 15.6. The summed E-state index contributed by atoms with van der Waals surface area (Å²) in [6, 6.07) is 9.90. The van der Waals surface area contributed by atoms with E-state index in [1.54, 1.807) is 0 Å². The molecule has 1 saturated heterocycles. The standard InChI is InChI=1S/C16H17ClN4O2/c17-15-13(10-18-19-16(15)23)20-7-6-14(22)21(9-8-20)11-12-4-2-1-3-5-12/h1-5,10H,6-9,11H2,(H,19,23). The van der Waals surface area contributed by atoms with Crippen LogP contribution in [0.2, 0.25) is 5.02 Å². The number of hydrogen-bond donors (Lipinski definition) is 1. The average Bonchev–Trinajstić information content (AvgIpc) is 2.74. The molecule has 23 heavy (non-hydrogen) atoms. The van der Waals surface area contributed by atoms with Crippen LogP contribution in [0.25, 0.3) is 0 Å². The third kappa shape index (κ3) is 3.53. The first kappa shape index (κ1) is 15.6. The Hall–Kier alpha value is -2.34. The Labute approximate surface area is 138 Å². The number of anilines is 1. The molecule has 1 aromatic heterocycles. The molecule has 3 rings (SSSR count). The SMILES string of the molecule is O=C1CCN(c2cn[nH]c(=O)c2Cl)CCN1Cc1ccccc1. The number of aromatic nitrogens is 2. The maximum absolute atomic E-state index is 12.3. The second-order valence-corrected chi connectivity index (χ2v) is 5.81. The zero-order chi connectivity index (χ0) is 16.2. The Kier molecular flexibility index (Phi) is 4.62. The van der Waals surface area contributed by atoms with Crippen LogP contribution in [0.4, 0.5) is 5.69 Å². The monoisotopic (exact) mass is 332 g/mol. The predicted octanol–water partition coefficient (Wildman–Crippen LogP) is 1.66. The van der Waals surface area contributed by atoms with E-state index >= 15 is 0 Å². The highest BCUT2D eigenvalue weighted by Gasteiger charge is 2.23. The molecule has 1 amide bonds. The first-order chi connectivity index (χ1) is 11.1. The van der Waals surface area contributed by atoms with Crippen molar-refractivity contribution in [2.75, 3.05) is 24.5 Å². The van der Waals surface area contributed by atoms with E-state index in [1.165, 1.54) is 6.20 Å². The van der Waals surface area contributed by atoms with Crippen molar-refractivity contribution >= 4 is 23.2 Å². The van der Waals surface area contributed by atoms with Gasteiger partial charge in [-0.3, -0.25) is 9.59 Å². The first-order valence-corrected chi connectivity index (χ1v) is 7.83. The van der Waals surface area contributed by atoms with Crippen molar-refractivity contribution in [1.82, 2.24) is 15.1 Å². The van der Waals surface area contributed by atoms with E-state index in [1.807, 2.05) is 40.1 Å². The van der Waals surface area contributed by atoms with Gasteiger partial charge in [-0.1, -0.05) is 41.9 Å². The Morgan fingerprint density at radius 3 is 2.70 bits per heavy atom. The molecule has 6 nitrogen and oxygen atoms in total. The number of carbonyl (C=O) groups is 1. The summed E-state index contributed by atoms with van der Waals surface area (Å²) in [5, 5.41) is 6.21. The molecule has 2 aromatic rings. The molecular formula is C16H17ClN4O2. The fourth-order valence-corrected chi connectivity index (χ4v) is 2.88. The molecule has 0 bridgehead atoms. The molecule has 0 radical (unpaired) electrons. The van der Waals surface area contributed by atoms with Gasteiger partial charge < -0.3 is 9.80 Å². The molecule has 1 fully saturated rings. The number of rotatable bonds is 3. The molecule has 0 atom stereocenters. The zero-order valence-electron chi connectivity index (χ0n) is 12.5. The van der Waals surface area contributed by atoms with Crippen LogP contribution in [0.15, 0.2) is 41.3 Å². The molecule has 0 saturated carbocycles. The van der Waals surface area contributed by atoms with E-state index in [0.717, 1.165) is 5.56 Å². The summed E-state index contributed by atoms with van der Waals surface area (Å²) in [6.07, 6.45) is 1.91. The van der Waals surface area contributed by atoms with Gasteiger partial charge in [-0.2, -0.15) is 5.10 Å². The summed E-state index contributed by atoms with van der Waals surface area (Å²) in [5.41, 5.74) is 1.26. The third-order valence-electron chi connectivity index (χ3n) is 3.92. The molecular weight excluding hydrogens is 316 g/mol. The molecule has 1 N–H and O–H groups in total. The number of benzene rings is 1. The number of carbonyl (C=O) groups excluding carboxylic acids is 1. The summed E-state index contributed by atoms with van der Waals surface area (Å²) in [5.74, 6) is 0.102. The molecule has 0 spiro atoms. The lowest BCUT2D eigenvalue weighted by molar-refractivity contribution is -0.130. The van der Waals surface area contributed by atoms with E-state index in [2.05, 4.69) is 10.2 Å². The van der Waals surface area contributed by atoms with E-state index in [4.69, 9.17) is 11.6 Å². The van der Waals surface area contributed by atoms with E-state index in [0.29, 0.717) is 38.3 Å². The quantitative estimate of drug-likeness (QED) is 0.928. The van der Waals surface area contributed by atoms with Gasteiger partial charge in [-0.25, -0.2) is 5.10 Å². The van der Waals surface area contributed by atoms with Crippen LogP contribution in [0, 0.1) is 0 Å². The van der Waals surface area contributed by atoms with E-state index < -0.39 is 5.56 Å². The summed E-state index contributed by atoms with van der Waals surface area (Å²) in [7, 11) is 0. The van der Waals surface area contributed by atoms with Gasteiger partial charge in [-0.05, 0) is 5.56 Å². The van der Waals surface area contributed by atoms with Crippen LogP contribution in [0.1, 0.15) is 12.0 Å².